The highest BCUT2D eigenvalue weighted by Gasteiger charge is 2.25. The van der Waals surface area contributed by atoms with E-state index in [1.165, 1.54) is 16.7 Å². The van der Waals surface area contributed by atoms with E-state index in [-0.39, 0.29) is 5.38 Å². The van der Waals surface area contributed by atoms with E-state index in [2.05, 4.69) is 33.1 Å². The van der Waals surface area contributed by atoms with Crippen molar-refractivity contribution in [1.82, 2.24) is 4.98 Å². The first-order valence-electron chi connectivity index (χ1n) is 6.19. The lowest BCUT2D eigenvalue weighted by molar-refractivity contribution is 0.942. The van der Waals surface area contributed by atoms with Crippen LogP contribution in [0.5, 0.6) is 0 Å². The van der Waals surface area contributed by atoms with Crippen molar-refractivity contribution < 1.29 is 0 Å². The molecule has 0 N–H and O–H groups in total. The van der Waals surface area contributed by atoms with Crippen molar-refractivity contribution in [3.63, 3.8) is 0 Å². The van der Waals surface area contributed by atoms with Gasteiger partial charge in [0, 0.05) is 15.7 Å². The molecule has 0 aromatic carbocycles. The number of allylic oxidation sites excluding steroid dienone is 6. The molecule has 0 amide bonds. The van der Waals surface area contributed by atoms with E-state index in [9.17, 15) is 0 Å². The average Bonchev–Trinajstić information content (AvgIpc) is 2.63. The average molecular weight is 357 g/mol. The third-order valence-corrected chi connectivity index (χ3v) is 4.66. The lowest BCUT2D eigenvalue weighted by Gasteiger charge is -2.14. The van der Waals surface area contributed by atoms with Gasteiger partial charge in [-0.3, -0.25) is 4.98 Å². The summed E-state index contributed by atoms with van der Waals surface area (Å²) in [5, 5.41) is 0.609. The number of halogens is 3. The Kier molecular flexibility index (Phi) is 3.84. The fourth-order valence-electron chi connectivity index (χ4n) is 2.59. The number of rotatable bonds is 0. The molecule has 1 nitrogen and oxygen atoms in total. The Morgan fingerprint density at radius 3 is 3.00 bits per heavy atom. The summed E-state index contributed by atoms with van der Waals surface area (Å²) >= 11 is 16.3. The van der Waals surface area contributed by atoms with Gasteiger partial charge in [-0.15, -0.1) is 11.6 Å². The summed E-state index contributed by atoms with van der Waals surface area (Å²) in [5.41, 5.74) is 4.68. The molecule has 0 bridgehead atoms. The molecule has 0 fully saturated rings. The van der Waals surface area contributed by atoms with Crippen LogP contribution in [-0.2, 0) is 6.42 Å². The first-order valence-corrected chi connectivity index (χ1v) is 7.80. The van der Waals surface area contributed by atoms with Crippen molar-refractivity contribution in [3.05, 3.63) is 62.4 Å². The Morgan fingerprint density at radius 2 is 2.16 bits per heavy atom. The number of hydrogen-bond donors (Lipinski definition) is 0. The molecule has 1 unspecified atom stereocenters. The molecule has 0 saturated heterocycles. The number of aryl methyl sites for hydroxylation is 1. The summed E-state index contributed by atoms with van der Waals surface area (Å²) in [6.45, 7) is 0. The maximum Gasteiger partial charge on any atom is 0.0978 e. The number of hydrogen-bond acceptors (Lipinski definition) is 1. The zero-order valence-electron chi connectivity index (χ0n) is 10.2. The van der Waals surface area contributed by atoms with Crippen molar-refractivity contribution in [3.8, 4) is 0 Å². The van der Waals surface area contributed by atoms with Crippen LogP contribution >= 0.6 is 39.1 Å². The zero-order valence-corrected chi connectivity index (χ0v) is 13.3. The van der Waals surface area contributed by atoms with Crippen LogP contribution in [0.25, 0.3) is 0 Å². The highest BCUT2D eigenvalue weighted by molar-refractivity contribution is 9.10. The minimum absolute atomic E-state index is 0.163. The fraction of sp³-hybridized carbons (Fsp3) is 0.267. The minimum Gasteiger partial charge on any atom is -0.258 e. The van der Waals surface area contributed by atoms with Gasteiger partial charge in [0.1, 0.15) is 0 Å². The summed E-state index contributed by atoms with van der Waals surface area (Å²) in [6, 6.07) is 2.12. The molecule has 0 saturated carbocycles. The summed E-state index contributed by atoms with van der Waals surface area (Å²) in [5.74, 6) is 0. The Hall–Kier alpha value is -0.570. The van der Waals surface area contributed by atoms with Gasteiger partial charge in [0.05, 0.1) is 11.1 Å². The molecule has 2 aliphatic rings. The van der Waals surface area contributed by atoms with E-state index < -0.39 is 0 Å². The van der Waals surface area contributed by atoms with Gasteiger partial charge >= 0.3 is 0 Å². The molecule has 4 heteroatoms. The Bertz CT molecular complexity index is 617. The van der Waals surface area contributed by atoms with Crippen LogP contribution in [0.1, 0.15) is 29.5 Å². The summed E-state index contributed by atoms with van der Waals surface area (Å²) in [6.07, 6.45) is 10.6. The second-order valence-corrected chi connectivity index (χ2v) is 6.54. The third kappa shape index (κ3) is 2.67. The third-order valence-electron chi connectivity index (χ3n) is 3.52. The molecular formula is C15H12BrCl2N. The van der Waals surface area contributed by atoms with Gasteiger partial charge in [-0.25, -0.2) is 0 Å². The molecule has 1 aromatic rings. The van der Waals surface area contributed by atoms with Crippen molar-refractivity contribution in [1.29, 1.82) is 0 Å². The van der Waals surface area contributed by atoms with Gasteiger partial charge in [0.2, 0.25) is 0 Å². The lowest BCUT2D eigenvalue weighted by Crippen LogP contribution is -2.01. The molecule has 1 aromatic heterocycles. The van der Waals surface area contributed by atoms with E-state index in [0.29, 0.717) is 0 Å². The number of nitrogens with zero attached hydrogens (tertiary/aromatic N) is 1. The smallest absolute Gasteiger partial charge is 0.0978 e. The number of aromatic nitrogens is 1. The Labute approximate surface area is 131 Å². The highest BCUT2D eigenvalue weighted by Crippen LogP contribution is 2.40. The van der Waals surface area contributed by atoms with E-state index >= 15 is 0 Å². The fourth-order valence-corrected chi connectivity index (χ4v) is 3.62. The molecule has 0 radical (unpaired) electrons. The van der Waals surface area contributed by atoms with Crippen LogP contribution < -0.4 is 0 Å². The van der Waals surface area contributed by atoms with Gasteiger partial charge in [0.15, 0.2) is 0 Å². The predicted molar refractivity (Wildman–Crippen MR) is 83.6 cm³/mol. The van der Waals surface area contributed by atoms with Crippen LogP contribution in [0, 0.1) is 0 Å². The second kappa shape index (κ2) is 5.43. The van der Waals surface area contributed by atoms with Gasteiger partial charge < -0.3 is 0 Å². The van der Waals surface area contributed by atoms with E-state index in [4.69, 9.17) is 23.2 Å². The van der Waals surface area contributed by atoms with Crippen molar-refractivity contribution in [2.75, 3.05) is 0 Å². The number of pyridine rings is 1. The standard InChI is InChI=1S/C15H12BrCl2N/c16-11-6-10-5-4-9-7-12(17)2-1-3-13(9)14(18)15(10)19-8-11/h1-2,6-8,14H,3-5H2. The molecular weight excluding hydrogens is 345 g/mol. The van der Waals surface area contributed by atoms with Crippen LogP contribution in [0.15, 0.2) is 51.1 Å². The SMILES string of the molecule is ClC1=CC2=C(CC=C1)C(Cl)c1ncc(Br)cc1CC2. The molecule has 19 heavy (non-hydrogen) atoms. The van der Waals surface area contributed by atoms with Gasteiger partial charge in [0.25, 0.3) is 0 Å². The maximum atomic E-state index is 6.66. The summed E-state index contributed by atoms with van der Waals surface area (Å²) in [4.78, 5) is 4.51. The zero-order chi connectivity index (χ0) is 13.4. The molecule has 0 aliphatic heterocycles. The molecule has 1 heterocycles. The van der Waals surface area contributed by atoms with E-state index in [1.54, 1.807) is 0 Å². The first kappa shape index (κ1) is 13.4. The normalized spacial score (nSPS) is 22.3. The monoisotopic (exact) mass is 355 g/mol. The quantitative estimate of drug-likeness (QED) is 0.563. The van der Waals surface area contributed by atoms with Gasteiger partial charge in [-0.2, -0.15) is 0 Å². The Balaban J connectivity index is 2.09. The van der Waals surface area contributed by atoms with E-state index in [0.717, 1.165) is 34.5 Å². The number of fused-ring (bicyclic) bond motifs is 1. The van der Waals surface area contributed by atoms with Crippen LogP contribution in [0.4, 0.5) is 0 Å². The van der Waals surface area contributed by atoms with Crippen molar-refractivity contribution >= 4 is 39.1 Å². The topological polar surface area (TPSA) is 12.9 Å². The van der Waals surface area contributed by atoms with Crippen molar-refractivity contribution in [2.24, 2.45) is 0 Å². The first-order chi connectivity index (χ1) is 9.15. The van der Waals surface area contributed by atoms with E-state index in [1.807, 2.05) is 18.3 Å². The largest absolute Gasteiger partial charge is 0.258 e. The minimum atomic E-state index is -0.163. The van der Waals surface area contributed by atoms with Crippen LogP contribution in [-0.4, -0.2) is 4.98 Å². The molecule has 0 spiro atoms. The Morgan fingerprint density at radius 1 is 1.32 bits per heavy atom. The van der Waals surface area contributed by atoms with Gasteiger partial charge in [-0.05, 0) is 70.1 Å². The predicted octanol–water partition coefficient (Wildman–Crippen LogP) is 5.45. The summed E-state index contributed by atoms with van der Waals surface area (Å²) < 4.78 is 1.00. The molecule has 1 atom stereocenters. The van der Waals surface area contributed by atoms with Crippen molar-refractivity contribution in [2.45, 2.75) is 24.6 Å². The maximum absolute atomic E-state index is 6.66. The second-order valence-electron chi connectivity index (χ2n) is 4.75. The van der Waals surface area contributed by atoms with Crippen LogP contribution in [0.3, 0.4) is 0 Å². The highest BCUT2D eigenvalue weighted by atomic mass is 79.9. The lowest BCUT2D eigenvalue weighted by atomic mass is 10.0. The van der Waals surface area contributed by atoms with Crippen LogP contribution in [0.2, 0.25) is 0 Å². The van der Waals surface area contributed by atoms with Gasteiger partial charge in [-0.1, -0.05) is 17.7 Å². The molecule has 2 aliphatic carbocycles. The number of alkyl halides is 1. The summed E-state index contributed by atoms with van der Waals surface area (Å²) in [7, 11) is 0. The molecule has 98 valence electrons. The molecule has 3 rings (SSSR count).